The molecule has 0 fully saturated rings. The molecule has 2 N–H and O–H groups in total. The Morgan fingerprint density at radius 1 is 1.20 bits per heavy atom. The third kappa shape index (κ3) is 7.78. The van der Waals surface area contributed by atoms with E-state index in [1.807, 2.05) is 57.0 Å². The molecule has 0 heterocycles. The number of para-hydroxylation sites is 1. The molecule has 0 spiro atoms. The van der Waals surface area contributed by atoms with Crippen molar-refractivity contribution in [1.82, 2.24) is 15.5 Å². The smallest absolute Gasteiger partial charge is 0.407 e. The number of hydrogen-bond donors (Lipinski definition) is 2. The van der Waals surface area contributed by atoms with Crippen molar-refractivity contribution >= 4 is 12.1 Å². The van der Waals surface area contributed by atoms with Gasteiger partial charge in [0, 0.05) is 39.3 Å². The molecule has 0 aliphatic rings. The maximum absolute atomic E-state index is 11.6. The van der Waals surface area contributed by atoms with Crippen LogP contribution in [-0.4, -0.2) is 56.8 Å². The molecule has 0 saturated heterocycles. The van der Waals surface area contributed by atoms with Crippen LogP contribution in [0.5, 0.6) is 5.75 Å². The summed E-state index contributed by atoms with van der Waals surface area (Å²) in [6.45, 7) is 7.14. The minimum atomic E-state index is -0.498. The molecule has 0 aliphatic carbocycles. The lowest BCUT2D eigenvalue weighted by atomic mass is 10.2. The Hall–Kier alpha value is -2.44. The van der Waals surface area contributed by atoms with Crippen molar-refractivity contribution in [1.29, 1.82) is 0 Å². The van der Waals surface area contributed by atoms with Crippen molar-refractivity contribution in [2.75, 3.05) is 34.3 Å². The molecule has 0 atom stereocenters. The molecule has 1 rings (SSSR count). The summed E-state index contributed by atoms with van der Waals surface area (Å²) in [5, 5.41) is 5.92. The minimum absolute atomic E-state index is 0.424. The van der Waals surface area contributed by atoms with Crippen LogP contribution in [0.4, 0.5) is 4.79 Å². The highest BCUT2D eigenvalue weighted by Gasteiger charge is 2.15. The summed E-state index contributed by atoms with van der Waals surface area (Å²) in [5.74, 6) is 1.58. The first-order valence-corrected chi connectivity index (χ1v) is 8.27. The maximum atomic E-state index is 11.6. The predicted octanol–water partition coefficient (Wildman–Crippen LogP) is 2.23. The normalized spacial score (nSPS) is 11.7. The zero-order valence-corrected chi connectivity index (χ0v) is 16.0. The van der Waals surface area contributed by atoms with Crippen LogP contribution < -0.4 is 15.4 Å². The molecule has 1 amide bonds. The van der Waals surface area contributed by atoms with Crippen molar-refractivity contribution in [3.63, 3.8) is 0 Å². The number of alkyl carbamates (subject to hydrolysis) is 1. The van der Waals surface area contributed by atoms with Gasteiger partial charge in [-0.05, 0) is 26.8 Å². The number of nitrogens with zero attached hydrogens (tertiary/aromatic N) is 2. The highest BCUT2D eigenvalue weighted by Crippen LogP contribution is 2.18. The molecular weight excluding hydrogens is 320 g/mol. The molecule has 7 nitrogen and oxygen atoms in total. The van der Waals surface area contributed by atoms with Gasteiger partial charge in [0.25, 0.3) is 0 Å². The quantitative estimate of drug-likeness (QED) is 0.467. The van der Waals surface area contributed by atoms with E-state index in [-0.39, 0.29) is 0 Å². The number of carbonyl (C=O) groups is 1. The fourth-order valence-electron chi connectivity index (χ4n) is 2.20. The second kappa shape index (κ2) is 9.76. The number of aliphatic imine (C=N–C) groups is 1. The third-order valence-corrected chi connectivity index (χ3v) is 3.25. The number of nitrogens with one attached hydrogen (secondary N) is 2. The molecule has 0 saturated carbocycles. The molecular formula is C18H30N4O3. The van der Waals surface area contributed by atoms with Gasteiger partial charge < -0.3 is 25.0 Å². The van der Waals surface area contributed by atoms with Crippen LogP contribution in [0.15, 0.2) is 29.3 Å². The summed E-state index contributed by atoms with van der Waals surface area (Å²) in [4.78, 5) is 17.9. The van der Waals surface area contributed by atoms with Crippen LogP contribution in [-0.2, 0) is 11.3 Å². The molecule has 25 heavy (non-hydrogen) atoms. The van der Waals surface area contributed by atoms with Crippen LogP contribution >= 0.6 is 0 Å². The van der Waals surface area contributed by atoms with E-state index < -0.39 is 11.7 Å². The van der Waals surface area contributed by atoms with Gasteiger partial charge in [0.1, 0.15) is 11.4 Å². The van der Waals surface area contributed by atoms with Gasteiger partial charge in [-0.15, -0.1) is 0 Å². The fourth-order valence-corrected chi connectivity index (χ4v) is 2.20. The van der Waals surface area contributed by atoms with Crippen LogP contribution in [0.25, 0.3) is 0 Å². The van der Waals surface area contributed by atoms with Crippen molar-refractivity contribution in [3.05, 3.63) is 29.8 Å². The number of amides is 1. The molecule has 140 valence electrons. The van der Waals surface area contributed by atoms with E-state index in [1.54, 1.807) is 14.2 Å². The Balaban J connectivity index is 2.45. The minimum Gasteiger partial charge on any atom is -0.496 e. The van der Waals surface area contributed by atoms with Crippen LogP contribution in [0.1, 0.15) is 26.3 Å². The third-order valence-electron chi connectivity index (χ3n) is 3.25. The lowest BCUT2D eigenvalue weighted by molar-refractivity contribution is 0.0529. The highest BCUT2D eigenvalue weighted by atomic mass is 16.6. The number of rotatable bonds is 6. The first-order valence-electron chi connectivity index (χ1n) is 8.27. The summed E-state index contributed by atoms with van der Waals surface area (Å²) in [7, 11) is 5.33. The standard InChI is InChI=1S/C18H30N4O3/c1-18(2,3)25-17(23)21-12-11-20-16(19-4)22(5)13-14-9-7-8-10-15(14)24-6/h7-10H,11-13H2,1-6H3,(H,19,20)(H,21,23). The summed E-state index contributed by atoms with van der Waals surface area (Å²) < 4.78 is 10.6. The summed E-state index contributed by atoms with van der Waals surface area (Å²) in [5.41, 5.74) is 0.574. The largest absolute Gasteiger partial charge is 0.496 e. The lowest BCUT2D eigenvalue weighted by Crippen LogP contribution is -2.43. The topological polar surface area (TPSA) is 75.2 Å². The van der Waals surface area contributed by atoms with Gasteiger partial charge in [-0.3, -0.25) is 4.99 Å². The van der Waals surface area contributed by atoms with Crippen LogP contribution in [0.3, 0.4) is 0 Å². The van der Waals surface area contributed by atoms with Crippen molar-refractivity contribution in [3.8, 4) is 5.75 Å². The Morgan fingerprint density at radius 2 is 1.84 bits per heavy atom. The first kappa shape index (κ1) is 20.6. The van der Waals surface area contributed by atoms with E-state index >= 15 is 0 Å². The zero-order chi connectivity index (χ0) is 18.9. The lowest BCUT2D eigenvalue weighted by Gasteiger charge is -2.23. The van der Waals surface area contributed by atoms with Gasteiger partial charge >= 0.3 is 6.09 Å². The number of methoxy groups -OCH3 is 1. The van der Waals surface area contributed by atoms with E-state index in [4.69, 9.17) is 9.47 Å². The first-order chi connectivity index (χ1) is 11.8. The van der Waals surface area contributed by atoms with Gasteiger partial charge in [0.15, 0.2) is 5.96 Å². The van der Waals surface area contributed by atoms with Crippen molar-refractivity contribution in [2.45, 2.75) is 32.9 Å². The van der Waals surface area contributed by atoms with Gasteiger partial charge in [-0.25, -0.2) is 4.79 Å². The van der Waals surface area contributed by atoms with E-state index in [9.17, 15) is 4.79 Å². The summed E-state index contributed by atoms with van der Waals surface area (Å²) >= 11 is 0. The van der Waals surface area contributed by atoms with Gasteiger partial charge in [-0.2, -0.15) is 0 Å². The molecule has 7 heteroatoms. The second-order valence-corrected chi connectivity index (χ2v) is 6.57. The Bertz CT molecular complexity index is 582. The predicted molar refractivity (Wildman–Crippen MR) is 100 cm³/mol. The molecule has 1 aromatic carbocycles. The number of guanidine groups is 1. The van der Waals surface area contributed by atoms with Crippen molar-refractivity contribution in [2.24, 2.45) is 4.99 Å². The molecule has 0 bridgehead atoms. The van der Waals surface area contributed by atoms with E-state index in [2.05, 4.69) is 15.6 Å². The van der Waals surface area contributed by atoms with Crippen LogP contribution in [0, 0.1) is 0 Å². The molecule has 1 aromatic rings. The fraction of sp³-hybridized carbons (Fsp3) is 0.556. The van der Waals surface area contributed by atoms with Gasteiger partial charge in [-0.1, -0.05) is 18.2 Å². The number of ether oxygens (including phenoxy) is 2. The average molecular weight is 350 g/mol. The second-order valence-electron chi connectivity index (χ2n) is 6.57. The molecule has 0 unspecified atom stereocenters. The SMILES string of the molecule is CN=C(NCCNC(=O)OC(C)(C)C)N(C)Cc1ccccc1OC. The Labute approximate surface area is 150 Å². The van der Waals surface area contributed by atoms with Gasteiger partial charge in [0.2, 0.25) is 0 Å². The van der Waals surface area contributed by atoms with Gasteiger partial charge in [0.05, 0.1) is 7.11 Å². The highest BCUT2D eigenvalue weighted by molar-refractivity contribution is 5.79. The average Bonchev–Trinajstić information content (AvgIpc) is 2.53. The Morgan fingerprint density at radius 3 is 2.44 bits per heavy atom. The Kier molecular flexibility index (Phi) is 8.04. The summed E-state index contributed by atoms with van der Waals surface area (Å²) in [6.07, 6.45) is -0.424. The van der Waals surface area contributed by atoms with Crippen molar-refractivity contribution < 1.29 is 14.3 Å². The number of carbonyl (C=O) groups excluding carboxylic acids is 1. The number of hydrogen-bond acceptors (Lipinski definition) is 4. The zero-order valence-electron chi connectivity index (χ0n) is 16.0. The van der Waals surface area contributed by atoms with Crippen LogP contribution in [0.2, 0.25) is 0 Å². The summed E-state index contributed by atoms with van der Waals surface area (Å²) in [6, 6.07) is 7.88. The molecule has 0 aromatic heterocycles. The van der Waals surface area contributed by atoms with E-state index in [0.717, 1.165) is 17.3 Å². The number of benzene rings is 1. The maximum Gasteiger partial charge on any atom is 0.407 e. The van der Waals surface area contributed by atoms with E-state index in [0.29, 0.717) is 19.6 Å². The van der Waals surface area contributed by atoms with E-state index in [1.165, 1.54) is 0 Å². The molecule has 0 aliphatic heterocycles. The monoisotopic (exact) mass is 350 g/mol. The molecule has 0 radical (unpaired) electrons.